The molecule has 0 aliphatic heterocycles. The SMILES string of the molecule is CCC(CCNC)(OC)c1ccc(C)cc1. The van der Waals surface area contributed by atoms with Crippen molar-refractivity contribution >= 4 is 0 Å². The van der Waals surface area contributed by atoms with E-state index in [9.17, 15) is 0 Å². The fourth-order valence-corrected chi connectivity index (χ4v) is 2.07. The molecule has 0 fully saturated rings. The quantitative estimate of drug-likeness (QED) is 0.797. The van der Waals surface area contributed by atoms with E-state index in [-0.39, 0.29) is 5.60 Å². The maximum atomic E-state index is 5.78. The molecule has 0 bridgehead atoms. The maximum Gasteiger partial charge on any atom is 0.0937 e. The molecule has 90 valence electrons. The smallest absolute Gasteiger partial charge is 0.0937 e. The Labute approximate surface area is 99.0 Å². The summed E-state index contributed by atoms with van der Waals surface area (Å²) >= 11 is 0. The van der Waals surface area contributed by atoms with Crippen LogP contribution in [0.5, 0.6) is 0 Å². The predicted octanol–water partition coefficient (Wildman–Crippen LogP) is 2.86. The van der Waals surface area contributed by atoms with E-state index in [2.05, 4.69) is 43.4 Å². The molecule has 0 aliphatic carbocycles. The van der Waals surface area contributed by atoms with Gasteiger partial charge in [0.25, 0.3) is 0 Å². The minimum atomic E-state index is -0.142. The van der Waals surface area contributed by atoms with Crippen molar-refractivity contribution in [2.75, 3.05) is 20.7 Å². The van der Waals surface area contributed by atoms with Crippen LogP contribution in [0.4, 0.5) is 0 Å². The highest BCUT2D eigenvalue weighted by molar-refractivity contribution is 5.26. The average Bonchev–Trinajstić information content (AvgIpc) is 2.33. The normalized spacial score (nSPS) is 14.8. The number of hydrogen-bond donors (Lipinski definition) is 1. The van der Waals surface area contributed by atoms with E-state index in [0.717, 1.165) is 19.4 Å². The molecule has 0 amide bonds. The molecule has 1 N–H and O–H groups in total. The first-order valence-corrected chi connectivity index (χ1v) is 5.95. The zero-order chi connectivity index (χ0) is 12.0. The highest BCUT2D eigenvalue weighted by atomic mass is 16.5. The predicted molar refractivity (Wildman–Crippen MR) is 68.7 cm³/mol. The number of nitrogens with one attached hydrogen (secondary N) is 1. The van der Waals surface area contributed by atoms with Crippen LogP contribution in [0.3, 0.4) is 0 Å². The molecule has 0 saturated carbocycles. The summed E-state index contributed by atoms with van der Waals surface area (Å²) in [7, 11) is 3.78. The minimum Gasteiger partial charge on any atom is -0.373 e. The van der Waals surface area contributed by atoms with Gasteiger partial charge in [-0.25, -0.2) is 0 Å². The van der Waals surface area contributed by atoms with Gasteiger partial charge in [-0.15, -0.1) is 0 Å². The van der Waals surface area contributed by atoms with Gasteiger partial charge in [0.1, 0.15) is 0 Å². The molecule has 2 nitrogen and oxygen atoms in total. The van der Waals surface area contributed by atoms with Gasteiger partial charge in [-0.05, 0) is 38.9 Å². The van der Waals surface area contributed by atoms with Crippen LogP contribution >= 0.6 is 0 Å². The van der Waals surface area contributed by atoms with Gasteiger partial charge in [-0.3, -0.25) is 0 Å². The summed E-state index contributed by atoms with van der Waals surface area (Å²) in [5.41, 5.74) is 2.42. The van der Waals surface area contributed by atoms with Gasteiger partial charge in [0, 0.05) is 7.11 Å². The van der Waals surface area contributed by atoms with E-state index >= 15 is 0 Å². The lowest BCUT2D eigenvalue weighted by Crippen LogP contribution is -2.31. The van der Waals surface area contributed by atoms with Gasteiger partial charge in [0.2, 0.25) is 0 Å². The zero-order valence-corrected chi connectivity index (χ0v) is 10.8. The summed E-state index contributed by atoms with van der Waals surface area (Å²) in [5.74, 6) is 0. The molecule has 1 atom stereocenters. The molecule has 1 unspecified atom stereocenters. The third-order valence-corrected chi connectivity index (χ3v) is 3.32. The van der Waals surface area contributed by atoms with Crippen LogP contribution in [-0.4, -0.2) is 20.7 Å². The van der Waals surface area contributed by atoms with E-state index in [1.807, 2.05) is 7.05 Å². The molecule has 0 radical (unpaired) electrons. The highest BCUT2D eigenvalue weighted by Crippen LogP contribution is 2.32. The van der Waals surface area contributed by atoms with E-state index in [4.69, 9.17) is 4.74 Å². The Hall–Kier alpha value is -0.860. The fraction of sp³-hybridized carbons (Fsp3) is 0.571. The van der Waals surface area contributed by atoms with Gasteiger partial charge >= 0.3 is 0 Å². The fourth-order valence-electron chi connectivity index (χ4n) is 2.07. The molecule has 0 heterocycles. The van der Waals surface area contributed by atoms with Crippen molar-refractivity contribution in [2.45, 2.75) is 32.3 Å². The van der Waals surface area contributed by atoms with Gasteiger partial charge in [0.05, 0.1) is 5.60 Å². The van der Waals surface area contributed by atoms with E-state index in [1.165, 1.54) is 11.1 Å². The molecule has 1 rings (SSSR count). The number of ether oxygens (including phenoxy) is 1. The summed E-state index contributed by atoms with van der Waals surface area (Å²) < 4.78 is 5.78. The standard InChI is InChI=1S/C14H23NO/c1-5-14(16-4,10-11-15-3)13-8-6-12(2)7-9-13/h6-9,15H,5,10-11H2,1-4H3. The average molecular weight is 221 g/mol. The van der Waals surface area contributed by atoms with Crippen molar-refractivity contribution in [1.29, 1.82) is 0 Å². The molecule has 0 spiro atoms. The Balaban J connectivity index is 2.95. The van der Waals surface area contributed by atoms with Crippen LogP contribution in [-0.2, 0) is 10.3 Å². The Morgan fingerprint density at radius 1 is 1.25 bits per heavy atom. The van der Waals surface area contributed by atoms with Gasteiger partial charge < -0.3 is 10.1 Å². The first kappa shape index (κ1) is 13.2. The monoisotopic (exact) mass is 221 g/mol. The third kappa shape index (κ3) is 2.83. The van der Waals surface area contributed by atoms with Crippen molar-refractivity contribution in [2.24, 2.45) is 0 Å². The zero-order valence-electron chi connectivity index (χ0n) is 10.8. The van der Waals surface area contributed by atoms with Crippen molar-refractivity contribution in [3.05, 3.63) is 35.4 Å². The van der Waals surface area contributed by atoms with Crippen molar-refractivity contribution < 1.29 is 4.74 Å². The second-order valence-corrected chi connectivity index (χ2v) is 4.27. The van der Waals surface area contributed by atoms with E-state index in [0.29, 0.717) is 0 Å². The molecule has 2 heteroatoms. The summed E-state index contributed by atoms with van der Waals surface area (Å²) in [5, 5.41) is 3.19. The summed E-state index contributed by atoms with van der Waals surface area (Å²) in [6, 6.07) is 8.66. The van der Waals surface area contributed by atoms with Crippen molar-refractivity contribution in [3.8, 4) is 0 Å². The molecule has 16 heavy (non-hydrogen) atoms. The highest BCUT2D eigenvalue weighted by Gasteiger charge is 2.29. The van der Waals surface area contributed by atoms with Gasteiger partial charge in [0.15, 0.2) is 0 Å². The second kappa shape index (κ2) is 6.02. The minimum absolute atomic E-state index is 0.142. The van der Waals surface area contributed by atoms with Crippen molar-refractivity contribution in [3.63, 3.8) is 0 Å². The molecular formula is C14H23NO. The molecule has 0 aromatic heterocycles. The van der Waals surface area contributed by atoms with Crippen LogP contribution in [0.2, 0.25) is 0 Å². The van der Waals surface area contributed by atoms with Crippen LogP contribution < -0.4 is 5.32 Å². The molecule has 1 aromatic rings. The lowest BCUT2D eigenvalue weighted by Gasteiger charge is -2.32. The number of benzene rings is 1. The van der Waals surface area contributed by atoms with E-state index < -0.39 is 0 Å². The number of aryl methyl sites for hydroxylation is 1. The van der Waals surface area contributed by atoms with Crippen LogP contribution in [0, 0.1) is 6.92 Å². The van der Waals surface area contributed by atoms with Gasteiger partial charge in [-0.1, -0.05) is 36.8 Å². The lowest BCUT2D eigenvalue weighted by atomic mass is 9.87. The summed E-state index contributed by atoms with van der Waals surface area (Å²) in [6.45, 7) is 5.26. The third-order valence-electron chi connectivity index (χ3n) is 3.32. The van der Waals surface area contributed by atoms with Crippen LogP contribution in [0.15, 0.2) is 24.3 Å². The Kier molecular flexibility index (Phi) is 4.97. The van der Waals surface area contributed by atoms with Crippen LogP contribution in [0.25, 0.3) is 0 Å². The Morgan fingerprint density at radius 3 is 2.31 bits per heavy atom. The first-order valence-electron chi connectivity index (χ1n) is 5.95. The number of methoxy groups -OCH3 is 1. The van der Waals surface area contributed by atoms with E-state index in [1.54, 1.807) is 7.11 Å². The second-order valence-electron chi connectivity index (χ2n) is 4.27. The molecular weight excluding hydrogens is 198 g/mol. The Morgan fingerprint density at radius 2 is 1.88 bits per heavy atom. The molecule has 0 saturated heterocycles. The number of hydrogen-bond acceptors (Lipinski definition) is 2. The summed E-state index contributed by atoms with van der Waals surface area (Å²) in [4.78, 5) is 0. The largest absolute Gasteiger partial charge is 0.373 e. The van der Waals surface area contributed by atoms with Crippen molar-refractivity contribution in [1.82, 2.24) is 5.32 Å². The first-order chi connectivity index (χ1) is 7.68. The lowest BCUT2D eigenvalue weighted by molar-refractivity contribution is -0.0249. The Bertz CT molecular complexity index is 301. The topological polar surface area (TPSA) is 21.3 Å². The van der Waals surface area contributed by atoms with Gasteiger partial charge in [-0.2, -0.15) is 0 Å². The number of rotatable bonds is 6. The van der Waals surface area contributed by atoms with Crippen LogP contribution in [0.1, 0.15) is 30.9 Å². The molecule has 0 aliphatic rings. The molecule has 1 aromatic carbocycles. The summed E-state index contributed by atoms with van der Waals surface area (Å²) in [6.07, 6.45) is 1.99. The maximum absolute atomic E-state index is 5.78.